The Kier molecular flexibility index (Phi) is 4.83. The average molecular weight is 392 g/mol. The minimum atomic E-state index is -0.285. The summed E-state index contributed by atoms with van der Waals surface area (Å²) in [4.78, 5) is 10.7. The van der Waals surface area contributed by atoms with Crippen molar-refractivity contribution >= 4 is 22.7 Å². The first kappa shape index (κ1) is 18.2. The van der Waals surface area contributed by atoms with Crippen molar-refractivity contribution in [3.8, 4) is 17.0 Å². The number of ether oxygens (including phenoxy) is 1. The summed E-state index contributed by atoms with van der Waals surface area (Å²) >= 11 is 1.42. The van der Waals surface area contributed by atoms with E-state index in [4.69, 9.17) is 10.1 Å². The van der Waals surface area contributed by atoms with Crippen molar-refractivity contribution in [3.05, 3.63) is 70.5 Å². The lowest BCUT2D eigenvalue weighted by Crippen LogP contribution is -2.32. The van der Waals surface area contributed by atoms with E-state index in [2.05, 4.69) is 9.97 Å². The number of pyridine rings is 1. The number of rotatable bonds is 5. The van der Waals surface area contributed by atoms with Crippen LogP contribution in [0.4, 0.5) is 0 Å². The van der Waals surface area contributed by atoms with Crippen molar-refractivity contribution in [3.63, 3.8) is 0 Å². The summed E-state index contributed by atoms with van der Waals surface area (Å²) in [6, 6.07) is 11.2. The number of nitrogens with one attached hydrogen (secondary N) is 1. The summed E-state index contributed by atoms with van der Waals surface area (Å²) in [5.74, 6) is 1.22. The molecule has 6 nitrogen and oxygen atoms in total. The molecule has 142 valence electrons. The molecule has 1 aliphatic heterocycles. The molecule has 0 saturated carbocycles. The summed E-state index contributed by atoms with van der Waals surface area (Å²) in [5.41, 5.74) is 3.22. The van der Waals surface area contributed by atoms with Gasteiger partial charge in [-0.1, -0.05) is 18.2 Å². The van der Waals surface area contributed by atoms with Gasteiger partial charge in [-0.3, -0.25) is 10.4 Å². The third-order valence-electron chi connectivity index (χ3n) is 4.80. The van der Waals surface area contributed by atoms with Crippen molar-refractivity contribution in [1.82, 2.24) is 14.9 Å². The lowest BCUT2D eigenvalue weighted by atomic mass is 10.1. The summed E-state index contributed by atoms with van der Waals surface area (Å²) in [7, 11) is 1.63. The highest BCUT2D eigenvalue weighted by atomic mass is 32.1. The maximum Gasteiger partial charge on any atom is 0.135 e. The van der Waals surface area contributed by atoms with E-state index in [0.29, 0.717) is 17.1 Å². The maximum absolute atomic E-state index is 10.7. The Hall–Kier alpha value is -3.19. The lowest BCUT2D eigenvalue weighted by molar-refractivity contribution is 0.281. The molecule has 3 aromatic rings. The van der Waals surface area contributed by atoms with E-state index >= 15 is 0 Å². The first-order valence-electron chi connectivity index (χ1n) is 8.86. The quantitative estimate of drug-likeness (QED) is 0.674. The predicted molar refractivity (Wildman–Crippen MR) is 111 cm³/mol. The molecule has 1 atom stereocenters. The van der Waals surface area contributed by atoms with Crippen molar-refractivity contribution in [2.75, 3.05) is 7.11 Å². The highest BCUT2D eigenvalue weighted by molar-refractivity contribution is 7.11. The molecular formula is C21H20N4O2S. The van der Waals surface area contributed by atoms with Crippen LogP contribution in [0.5, 0.6) is 5.75 Å². The number of methoxy groups -OCH3 is 1. The van der Waals surface area contributed by atoms with Crippen molar-refractivity contribution in [2.24, 2.45) is 0 Å². The molecule has 0 aliphatic carbocycles. The summed E-state index contributed by atoms with van der Waals surface area (Å²) < 4.78 is 5.28. The SMILES string of the molecule is COc1cccc(-c2csc(C3=C(O)[C@@H](C)N(Cc4cccnc4)C3=N)n2)c1. The highest BCUT2D eigenvalue weighted by Gasteiger charge is 2.36. The van der Waals surface area contributed by atoms with Crippen LogP contribution in [-0.2, 0) is 6.54 Å². The van der Waals surface area contributed by atoms with Gasteiger partial charge in [0.2, 0.25) is 0 Å². The topological polar surface area (TPSA) is 82.3 Å². The van der Waals surface area contributed by atoms with Gasteiger partial charge >= 0.3 is 0 Å². The molecule has 0 radical (unpaired) electrons. The van der Waals surface area contributed by atoms with Gasteiger partial charge in [-0.05, 0) is 30.7 Å². The zero-order chi connectivity index (χ0) is 19.7. The van der Waals surface area contributed by atoms with Gasteiger partial charge in [0.25, 0.3) is 0 Å². The Labute approximate surface area is 167 Å². The summed E-state index contributed by atoms with van der Waals surface area (Å²) in [6.07, 6.45) is 3.50. The van der Waals surface area contributed by atoms with Crippen LogP contribution in [0, 0.1) is 5.41 Å². The van der Waals surface area contributed by atoms with Gasteiger partial charge in [0.1, 0.15) is 22.4 Å². The van der Waals surface area contributed by atoms with Crippen molar-refractivity contribution in [1.29, 1.82) is 5.41 Å². The zero-order valence-electron chi connectivity index (χ0n) is 15.6. The predicted octanol–water partition coefficient (Wildman–Crippen LogP) is 4.36. The van der Waals surface area contributed by atoms with Crippen LogP contribution in [-0.4, -0.2) is 39.0 Å². The van der Waals surface area contributed by atoms with Crippen LogP contribution in [0.25, 0.3) is 16.8 Å². The molecule has 2 N–H and O–H groups in total. The fourth-order valence-electron chi connectivity index (χ4n) is 3.23. The van der Waals surface area contributed by atoms with Gasteiger partial charge in [0.05, 0.1) is 24.4 Å². The van der Waals surface area contributed by atoms with Gasteiger partial charge in [0, 0.05) is 29.9 Å². The molecule has 0 amide bonds. The molecular weight excluding hydrogens is 372 g/mol. The Bertz CT molecular complexity index is 1050. The molecule has 1 aromatic carbocycles. The number of hydrogen-bond acceptors (Lipinski definition) is 6. The first-order chi connectivity index (χ1) is 13.6. The summed E-state index contributed by atoms with van der Waals surface area (Å²) in [6.45, 7) is 2.40. The molecule has 0 bridgehead atoms. The second-order valence-electron chi connectivity index (χ2n) is 6.54. The molecule has 3 heterocycles. The lowest BCUT2D eigenvalue weighted by Gasteiger charge is -2.24. The van der Waals surface area contributed by atoms with E-state index in [1.807, 2.05) is 53.6 Å². The average Bonchev–Trinajstić information content (AvgIpc) is 3.28. The fourth-order valence-corrected chi connectivity index (χ4v) is 4.12. The Morgan fingerprint density at radius 1 is 1.29 bits per heavy atom. The molecule has 0 unspecified atom stereocenters. The van der Waals surface area contributed by atoms with Gasteiger partial charge in [-0.15, -0.1) is 11.3 Å². The Morgan fingerprint density at radius 3 is 2.89 bits per heavy atom. The molecule has 4 rings (SSSR count). The molecule has 0 spiro atoms. The maximum atomic E-state index is 10.7. The van der Waals surface area contributed by atoms with Gasteiger partial charge in [-0.25, -0.2) is 4.98 Å². The first-order valence-corrected chi connectivity index (χ1v) is 9.74. The van der Waals surface area contributed by atoms with E-state index in [9.17, 15) is 5.11 Å². The number of aliphatic hydroxyl groups excluding tert-OH is 1. The van der Waals surface area contributed by atoms with Crippen LogP contribution in [0.3, 0.4) is 0 Å². The molecule has 1 aliphatic rings. The third kappa shape index (κ3) is 3.25. The number of hydrogen-bond donors (Lipinski definition) is 2. The number of amidine groups is 1. The largest absolute Gasteiger partial charge is 0.509 e. The smallest absolute Gasteiger partial charge is 0.135 e. The number of benzene rings is 1. The van der Waals surface area contributed by atoms with E-state index in [1.54, 1.807) is 19.5 Å². The number of aromatic nitrogens is 2. The molecule has 0 fully saturated rings. The molecule has 2 aromatic heterocycles. The third-order valence-corrected chi connectivity index (χ3v) is 5.66. The van der Waals surface area contributed by atoms with Crippen LogP contribution in [0.2, 0.25) is 0 Å². The number of nitrogens with zero attached hydrogens (tertiary/aromatic N) is 3. The molecule has 0 saturated heterocycles. The van der Waals surface area contributed by atoms with Crippen LogP contribution in [0.15, 0.2) is 59.9 Å². The minimum absolute atomic E-state index is 0.181. The van der Waals surface area contributed by atoms with Crippen molar-refractivity contribution in [2.45, 2.75) is 19.5 Å². The van der Waals surface area contributed by atoms with E-state index in [-0.39, 0.29) is 17.6 Å². The van der Waals surface area contributed by atoms with Gasteiger partial charge in [-0.2, -0.15) is 0 Å². The second-order valence-corrected chi connectivity index (χ2v) is 7.40. The normalized spacial score (nSPS) is 16.7. The monoisotopic (exact) mass is 392 g/mol. The van der Waals surface area contributed by atoms with Gasteiger partial charge in [0.15, 0.2) is 0 Å². The standard InChI is InChI=1S/C21H20N4O2S/c1-13-19(26)18(20(22)25(13)11-14-5-4-8-23-10-14)21-24-17(12-28-21)15-6-3-7-16(9-15)27-2/h3-10,12-13,22,26H,11H2,1-2H3/t13-/m1/s1. The van der Waals surface area contributed by atoms with Gasteiger partial charge < -0.3 is 14.7 Å². The molecule has 7 heteroatoms. The minimum Gasteiger partial charge on any atom is -0.509 e. The van der Waals surface area contributed by atoms with Crippen LogP contribution < -0.4 is 4.74 Å². The van der Waals surface area contributed by atoms with E-state index < -0.39 is 0 Å². The summed E-state index contributed by atoms with van der Waals surface area (Å²) in [5, 5.41) is 21.9. The second kappa shape index (κ2) is 7.44. The number of thiazole rings is 1. The van der Waals surface area contributed by atoms with Crippen LogP contribution in [0.1, 0.15) is 17.5 Å². The number of aliphatic hydroxyl groups is 1. The zero-order valence-corrected chi connectivity index (χ0v) is 16.4. The van der Waals surface area contributed by atoms with Crippen LogP contribution >= 0.6 is 11.3 Å². The van der Waals surface area contributed by atoms with Crippen molar-refractivity contribution < 1.29 is 9.84 Å². The Morgan fingerprint density at radius 2 is 2.14 bits per heavy atom. The van der Waals surface area contributed by atoms with E-state index in [0.717, 1.165) is 22.6 Å². The highest BCUT2D eigenvalue weighted by Crippen LogP contribution is 2.36. The fraction of sp³-hybridized carbons (Fsp3) is 0.190. The Balaban J connectivity index is 1.62. The molecule has 28 heavy (non-hydrogen) atoms. The van der Waals surface area contributed by atoms with E-state index in [1.165, 1.54) is 11.3 Å².